The first kappa shape index (κ1) is 14.2. The second kappa shape index (κ2) is 7.42. The van der Waals surface area contributed by atoms with Gasteiger partial charge in [-0.05, 0) is 30.9 Å². The average Bonchev–Trinajstić information content (AvgIpc) is 2.73. The van der Waals surface area contributed by atoms with E-state index in [1.165, 1.54) is 10.4 Å². The maximum atomic E-state index is 11.5. The van der Waals surface area contributed by atoms with Crippen molar-refractivity contribution in [3.05, 3.63) is 21.9 Å². The van der Waals surface area contributed by atoms with Crippen LogP contribution in [0.4, 0.5) is 0 Å². The van der Waals surface area contributed by atoms with Gasteiger partial charge < -0.3 is 15.4 Å². The van der Waals surface area contributed by atoms with Crippen molar-refractivity contribution in [2.45, 2.75) is 19.9 Å². The molecule has 1 atom stereocenters. The average molecular weight is 256 g/mol. The summed E-state index contributed by atoms with van der Waals surface area (Å²) in [6, 6.07) is 2.31. The number of hydrogen-bond acceptors (Lipinski definition) is 4. The zero-order valence-electron chi connectivity index (χ0n) is 10.6. The van der Waals surface area contributed by atoms with E-state index in [0.717, 1.165) is 0 Å². The molecule has 0 aromatic carbocycles. The van der Waals surface area contributed by atoms with Gasteiger partial charge in [0.15, 0.2) is 0 Å². The lowest BCUT2D eigenvalue weighted by Crippen LogP contribution is -2.36. The van der Waals surface area contributed by atoms with Crippen LogP contribution in [0.25, 0.3) is 0 Å². The molecule has 0 saturated carbocycles. The predicted molar refractivity (Wildman–Crippen MR) is 70.4 cm³/mol. The lowest BCUT2D eigenvalue weighted by molar-refractivity contribution is -0.120. The van der Waals surface area contributed by atoms with E-state index in [-0.39, 0.29) is 11.9 Å². The topological polar surface area (TPSA) is 50.4 Å². The summed E-state index contributed by atoms with van der Waals surface area (Å²) in [5.74, 6) is 0.00288. The lowest BCUT2D eigenvalue weighted by atomic mass is 10.2. The van der Waals surface area contributed by atoms with Gasteiger partial charge in [0, 0.05) is 24.6 Å². The van der Waals surface area contributed by atoms with Crippen molar-refractivity contribution in [3.63, 3.8) is 0 Å². The number of ether oxygens (including phenoxy) is 1. The molecule has 0 radical (unpaired) electrons. The minimum absolute atomic E-state index is 0.00288. The Hall–Kier alpha value is -0.910. The molecule has 0 bridgehead atoms. The van der Waals surface area contributed by atoms with E-state index in [0.29, 0.717) is 19.7 Å². The smallest absolute Gasteiger partial charge is 0.234 e. The Bertz CT molecular complexity index is 352. The van der Waals surface area contributed by atoms with Crippen LogP contribution in [0.3, 0.4) is 0 Å². The monoisotopic (exact) mass is 256 g/mol. The summed E-state index contributed by atoms with van der Waals surface area (Å²) in [6.45, 7) is 5.60. The molecule has 1 rings (SSSR count). The predicted octanol–water partition coefficient (Wildman–Crippen LogP) is 1.47. The second-order valence-corrected chi connectivity index (χ2v) is 4.86. The molecule has 1 aromatic heterocycles. The fourth-order valence-electron chi connectivity index (χ4n) is 1.52. The normalized spacial score (nSPS) is 12.4. The molecule has 1 amide bonds. The van der Waals surface area contributed by atoms with E-state index in [1.54, 1.807) is 18.4 Å². The van der Waals surface area contributed by atoms with Crippen molar-refractivity contribution in [2.24, 2.45) is 0 Å². The molecule has 96 valence electrons. The number of aryl methyl sites for hydroxylation is 1. The van der Waals surface area contributed by atoms with Crippen molar-refractivity contribution in [1.82, 2.24) is 10.6 Å². The molecule has 1 aromatic rings. The fraction of sp³-hybridized carbons (Fsp3) is 0.583. The van der Waals surface area contributed by atoms with Gasteiger partial charge in [0.1, 0.15) is 0 Å². The number of methoxy groups -OCH3 is 1. The number of carbonyl (C=O) groups excluding carboxylic acids is 1. The third-order valence-corrected chi connectivity index (χ3v) is 3.69. The van der Waals surface area contributed by atoms with E-state index in [2.05, 4.69) is 35.9 Å². The van der Waals surface area contributed by atoms with Gasteiger partial charge in [0.25, 0.3) is 0 Å². The standard InChI is InChI=1S/C12H20N2O2S/c1-9-4-7-17-12(9)10(2)14-8-11(15)13-5-6-16-3/h4,7,10,14H,5-6,8H2,1-3H3,(H,13,15). The molecular formula is C12H20N2O2S. The third kappa shape index (κ3) is 4.85. The number of amides is 1. The van der Waals surface area contributed by atoms with Crippen molar-refractivity contribution in [3.8, 4) is 0 Å². The molecule has 2 N–H and O–H groups in total. The van der Waals surface area contributed by atoms with Gasteiger partial charge in [-0.3, -0.25) is 4.79 Å². The number of nitrogens with one attached hydrogen (secondary N) is 2. The Labute approximate surface area is 106 Å². The third-order valence-electron chi connectivity index (χ3n) is 2.49. The van der Waals surface area contributed by atoms with E-state index in [1.807, 2.05) is 0 Å². The molecule has 17 heavy (non-hydrogen) atoms. The number of thiophene rings is 1. The largest absolute Gasteiger partial charge is 0.383 e. The van der Waals surface area contributed by atoms with Crippen molar-refractivity contribution >= 4 is 17.2 Å². The van der Waals surface area contributed by atoms with Crippen molar-refractivity contribution in [1.29, 1.82) is 0 Å². The first-order valence-corrected chi connectivity index (χ1v) is 6.56. The summed E-state index contributed by atoms with van der Waals surface area (Å²) in [6.07, 6.45) is 0. The SMILES string of the molecule is COCCNC(=O)CNC(C)c1sccc1C. The minimum atomic E-state index is 0.00288. The highest BCUT2D eigenvalue weighted by Gasteiger charge is 2.10. The molecule has 0 aliphatic carbocycles. The van der Waals surface area contributed by atoms with Gasteiger partial charge >= 0.3 is 0 Å². The van der Waals surface area contributed by atoms with Crippen LogP contribution in [0.5, 0.6) is 0 Å². The maximum absolute atomic E-state index is 11.5. The van der Waals surface area contributed by atoms with Crippen LogP contribution in [-0.4, -0.2) is 32.7 Å². The van der Waals surface area contributed by atoms with Gasteiger partial charge in [-0.2, -0.15) is 0 Å². The van der Waals surface area contributed by atoms with E-state index in [9.17, 15) is 4.79 Å². The number of hydrogen-bond donors (Lipinski definition) is 2. The second-order valence-electron chi connectivity index (χ2n) is 3.91. The Morgan fingerprint density at radius 2 is 2.35 bits per heavy atom. The highest BCUT2D eigenvalue weighted by atomic mass is 32.1. The molecule has 4 nitrogen and oxygen atoms in total. The van der Waals surface area contributed by atoms with Crippen molar-refractivity contribution < 1.29 is 9.53 Å². The van der Waals surface area contributed by atoms with Crippen LogP contribution in [0.2, 0.25) is 0 Å². The van der Waals surface area contributed by atoms with Crippen LogP contribution in [0.15, 0.2) is 11.4 Å². The van der Waals surface area contributed by atoms with Crippen LogP contribution in [-0.2, 0) is 9.53 Å². The molecule has 0 fully saturated rings. The quantitative estimate of drug-likeness (QED) is 0.726. The van der Waals surface area contributed by atoms with Crippen LogP contribution in [0, 0.1) is 6.92 Å². The van der Waals surface area contributed by atoms with Gasteiger partial charge in [0.2, 0.25) is 5.91 Å². The summed E-state index contributed by atoms with van der Waals surface area (Å²) in [5.41, 5.74) is 1.27. The summed E-state index contributed by atoms with van der Waals surface area (Å²) in [7, 11) is 1.62. The zero-order chi connectivity index (χ0) is 12.7. The summed E-state index contributed by atoms with van der Waals surface area (Å²) >= 11 is 1.72. The van der Waals surface area contributed by atoms with Crippen LogP contribution < -0.4 is 10.6 Å². The Morgan fingerprint density at radius 1 is 1.59 bits per heavy atom. The van der Waals surface area contributed by atoms with Crippen molar-refractivity contribution in [2.75, 3.05) is 26.8 Å². The number of carbonyl (C=O) groups is 1. The Balaban J connectivity index is 2.26. The van der Waals surface area contributed by atoms with Crippen LogP contribution in [0.1, 0.15) is 23.4 Å². The molecule has 0 spiro atoms. The first-order chi connectivity index (χ1) is 8.15. The molecule has 1 heterocycles. The maximum Gasteiger partial charge on any atom is 0.234 e. The minimum Gasteiger partial charge on any atom is -0.383 e. The molecular weight excluding hydrogens is 236 g/mol. The zero-order valence-corrected chi connectivity index (χ0v) is 11.4. The summed E-state index contributed by atoms with van der Waals surface area (Å²) in [4.78, 5) is 12.7. The lowest BCUT2D eigenvalue weighted by Gasteiger charge is -2.13. The first-order valence-electron chi connectivity index (χ1n) is 5.68. The van der Waals surface area contributed by atoms with E-state index >= 15 is 0 Å². The van der Waals surface area contributed by atoms with E-state index < -0.39 is 0 Å². The molecule has 0 saturated heterocycles. The molecule has 1 unspecified atom stereocenters. The number of rotatable bonds is 7. The van der Waals surface area contributed by atoms with Crippen LogP contribution >= 0.6 is 11.3 Å². The van der Waals surface area contributed by atoms with Gasteiger partial charge in [-0.1, -0.05) is 0 Å². The molecule has 0 aliphatic rings. The van der Waals surface area contributed by atoms with Gasteiger partial charge in [-0.15, -0.1) is 11.3 Å². The van der Waals surface area contributed by atoms with E-state index in [4.69, 9.17) is 4.74 Å². The highest BCUT2D eigenvalue weighted by Crippen LogP contribution is 2.22. The molecule has 5 heteroatoms. The Kier molecular flexibility index (Phi) is 6.18. The summed E-state index contributed by atoms with van der Waals surface area (Å²) in [5, 5.41) is 8.06. The molecule has 0 aliphatic heterocycles. The van der Waals surface area contributed by atoms with Gasteiger partial charge in [0.05, 0.1) is 13.2 Å². The highest BCUT2D eigenvalue weighted by molar-refractivity contribution is 7.10. The summed E-state index contributed by atoms with van der Waals surface area (Å²) < 4.78 is 4.86. The fourth-order valence-corrected chi connectivity index (χ4v) is 2.48. The Morgan fingerprint density at radius 3 is 2.94 bits per heavy atom. The van der Waals surface area contributed by atoms with Gasteiger partial charge in [-0.25, -0.2) is 0 Å².